The number of aliphatic imine (C=N–C) groups is 1. The number of nitro groups is 1. The fourth-order valence-corrected chi connectivity index (χ4v) is 2.04. The van der Waals surface area contributed by atoms with Crippen molar-refractivity contribution in [2.24, 2.45) is 4.99 Å². The van der Waals surface area contributed by atoms with E-state index in [2.05, 4.69) is 4.99 Å². The van der Waals surface area contributed by atoms with Crippen molar-refractivity contribution in [3.05, 3.63) is 39.9 Å². The number of nitrogens with zero attached hydrogens (tertiary/aromatic N) is 3. The van der Waals surface area contributed by atoms with Gasteiger partial charge in [-0.25, -0.2) is 4.79 Å². The molecule has 2 rings (SSSR count). The van der Waals surface area contributed by atoms with E-state index in [1.54, 1.807) is 12.1 Å². The quantitative estimate of drug-likeness (QED) is 0.612. The number of rotatable bonds is 5. The second-order valence-electron chi connectivity index (χ2n) is 4.71. The van der Waals surface area contributed by atoms with Crippen molar-refractivity contribution in [2.45, 2.75) is 13.0 Å². The average Bonchev–Trinajstić information content (AvgIpc) is 2.54. The van der Waals surface area contributed by atoms with E-state index >= 15 is 0 Å². The van der Waals surface area contributed by atoms with Crippen LogP contribution in [0.1, 0.15) is 12.0 Å². The summed E-state index contributed by atoms with van der Waals surface area (Å²) in [6, 6.07) is 5.88. The summed E-state index contributed by atoms with van der Waals surface area (Å²) in [5, 5.41) is 10.6. The van der Waals surface area contributed by atoms with Crippen molar-refractivity contribution in [3.63, 3.8) is 0 Å². The van der Waals surface area contributed by atoms with Gasteiger partial charge in [0.15, 0.2) is 0 Å². The zero-order chi connectivity index (χ0) is 15.9. The molecule has 0 unspecified atom stereocenters. The number of ether oxygens (including phenoxy) is 2. The van der Waals surface area contributed by atoms with Crippen LogP contribution in [0.2, 0.25) is 0 Å². The number of amidine groups is 1. The molecule has 1 aromatic carbocycles. The van der Waals surface area contributed by atoms with Gasteiger partial charge in [0.2, 0.25) is 0 Å². The number of hydrogen-bond acceptors (Lipinski definition) is 6. The van der Waals surface area contributed by atoms with Crippen molar-refractivity contribution < 1.29 is 19.2 Å². The van der Waals surface area contributed by atoms with E-state index in [1.807, 2.05) is 0 Å². The van der Waals surface area contributed by atoms with Crippen LogP contribution in [0.25, 0.3) is 0 Å². The monoisotopic (exact) mass is 307 g/mol. The van der Waals surface area contributed by atoms with Crippen LogP contribution >= 0.6 is 0 Å². The number of hydrogen-bond donors (Lipinski definition) is 0. The number of benzene rings is 1. The zero-order valence-corrected chi connectivity index (χ0v) is 12.2. The normalized spacial score (nSPS) is 14.4. The topological polar surface area (TPSA) is 94.3 Å². The highest BCUT2D eigenvalue weighted by Gasteiger charge is 2.23. The summed E-state index contributed by atoms with van der Waals surface area (Å²) >= 11 is 0. The number of nitro benzene ring substituents is 1. The average molecular weight is 307 g/mol. The van der Waals surface area contributed by atoms with Gasteiger partial charge < -0.3 is 9.47 Å². The van der Waals surface area contributed by atoms with Gasteiger partial charge in [0, 0.05) is 32.3 Å². The van der Waals surface area contributed by atoms with E-state index in [0.717, 1.165) is 6.42 Å². The van der Waals surface area contributed by atoms with Gasteiger partial charge in [-0.1, -0.05) is 0 Å². The molecule has 118 valence electrons. The highest BCUT2D eigenvalue weighted by Crippen LogP contribution is 2.13. The summed E-state index contributed by atoms with van der Waals surface area (Å²) in [4.78, 5) is 27.9. The Morgan fingerprint density at radius 2 is 2.09 bits per heavy atom. The second-order valence-corrected chi connectivity index (χ2v) is 4.71. The Kier molecular flexibility index (Phi) is 5.42. The van der Waals surface area contributed by atoms with Crippen molar-refractivity contribution in [2.75, 3.05) is 26.8 Å². The molecule has 0 spiro atoms. The Morgan fingerprint density at radius 1 is 1.36 bits per heavy atom. The molecule has 8 nitrogen and oxygen atoms in total. The highest BCUT2D eigenvalue weighted by atomic mass is 16.6. The molecule has 1 aliphatic rings. The van der Waals surface area contributed by atoms with E-state index in [0.29, 0.717) is 24.5 Å². The molecule has 22 heavy (non-hydrogen) atoms. The standard InChI is InChI=1S/C14H17N3O5/c1-21-10-13-15-7-2-8-16(13)14(18)22-9-11-3-5-12(6-4-11)17(19)20/h3-6H,2,7-10H2,1H3. The Bertz CT molecular complexity index is 570. The molecule has 0 atom stereocenters. The molecule has 0 radical (unpaired) electrons. The van der Waals surface area contributed by atoms with Crippen LogP contribution in [-0.2, 0) is 16.1 Å². The molecular weight excluding hydrogens is 290 g/mol. The van der Waals surface area contributed by atoms with Crippen LogP contribution < -0.4 is 0 Å². The van der Waals surface area contributed by atoms with E-state index < -0.39 is 11.0 Å². The SMILES string of the molecule is COCC1=NCCCN1C(=O)OCc1ccc([N+](=O)[O-])cc1. The molecule has 0 saturated heterocycles. The molecule has 0 N–H and O–H groups in total. The maximum Gasteiger partial charge on any atom is 0.415 e. The lowest BCUT2D eigenvalue weighted by Crippen LogP contribution is -2.42. The number of carbonyl (C=O) groups excluding carboxylic acids is 1. The minimum Gasteiger partial charge on any atom is -0.444 e. The highest BCUT2D eigenvalue weighted by molar-refractivity contribution is 5.96. The largest absolute Gasteiger partial charge is 0.444 e. The van der Waals surface area contributed by atoms with Gasteiger partial charge in [-0.05, 0) is 24.1 Å². The fraction of sp³-hybridized carbons (Fsp3) is 0.429. The number of non-ortho nitro benzene ring substituents is 1. The molecule has 0 bridgehead atoms. The predicted octanol–water partition coefficient (Wildman–Crippen LogP) is 1.98. The van der Waals surface area contributed by atoms with Crippen LogP contribution in [0.4, 0.5) is 10.5 Å². The third-order valence-electron chi connectivity index (χ3n) is 3.15. The first kappa shape index (κ1) is 15.9. The van der Waals surface area contributed by atoms with Crippen LogP contribution in [0.3, 0.4) is 0 Å². The minimum absolute atomic E-state index is 0.000575. The summed E-state index contributed by atoms with van der Waals surface area (Å²) < 4.78 is 10.2. The smallest absolute Gasteiger partial charge is 0.415 e. The molecule has 0 aliphatic carbocycles. The molecule has 1 heterocycles. The Balaban J connectivity index is 1.93. The second kappa shape index (κ2) is 7.51. The summed E-state index contributed by atoms with van der Waals surface area (Å²) in [5.41, 5.74) is 0.682. The minimum atomic E-state index is -0.492. The van der Waals surface area contributed by atoms with Crippen LogP contribution in [0, 0.1) is 10.1 Å². The van der Waals surface area contributed by atoms with E-state index in [-0.39, 0.29) is 18.9 Å². The van der Waals surface area contributed by atoms with Gasteiger partial charge in [-0.15, -0.1) is 0 Å². The molecule has 1 amide bonds. The summed E-state index contributed by atoms with van der Waals surface area (Å²) in [7, 11) is 1.54. The first-order chi connectivity index (χ1) is 10.6. The lowest BCUT2D eigenvalue weighted by atomic mass is 10.2. The number of carbonyl (C=O) groups is 1. The van der Waals surface area contributed by atoms with Crippen molar-refractivity contribution in [1.82, 2.24) is 4.90 Å². The van der Waals surface area contributed by atoms with Gasteiger partial charge in [-0.3, -0.25) is 20.0 Å². The molecular formula is C14H17N3O5. The van der Waals surface area contributed by atoms with Crippen molar-refractivity contribution in [1.29, 1.82) is 0 Å². The number of methoxy groups -OCH3 is 1. The maximum absolute atomic E-state index is 12.1. The van der Waals surface area contributed by atoms with Crippen LogP contribution in [0.15, 0.2) is 29.3 Å². The van der Waals surface area contributed by atoms with Crippen LogP contribution in [-0.4, -0.2) is 48.6 Å². The lowest BCUT2D eigenvalue weighted by molar-refractivity contribution is -0.384. The summed E-state index contributed by atoms with van der Waals surface area (Å²) in [6.45, 7) is 1.52. The first-order valence-corrected chi connectivity index (χ1v) is 6.81. The van der Waals surface area contributed by atoms with Crippen LogP contribution in [0.5, 0.6) is 0 Å². The van der Waals surface area contributed by atoms with Gasteiger partial charge in [0.05, 0.1) is 4.92 Å². The number of amides is 1. The molecule has 1 aliphatic heterocycles. The third-order valence-corrected chi connectivity index (χ3v) is 3.15. The molecule has 0 aromatic heterocycles. The van der Waals surface area contributed by atoms with Gasteiger partial charge in [0.25, 0.3) is 5.69 Å². The van der Waals surface area contributed by atoms with Gasteiger partial charge >= 0.3 is 6.09 Å². The Labute approximate surface area is 127 Å². The molecule has 0 saturated carbocycles. The first-order valence-electron chi connectivity index (χ1n) is 6.81. The van der Waals surface area contributed by atoms with E-state index in [9.17, 15) is 14.9 Å². The van der Waals surface area contributed by atoms with Gasteiger partial charge in [0.1, 0.15) is 19.0 Å². The predicted molar refractivity (Wildman–Crippen MR) is 78.8 cm³/mol. The third kappa shape index (κ3) is 4.01. The Hall–Kier alpha value is -2.48. The van der Waals surface area contributed by atoms with Crippen molar-refractivity contribution >= 4 is 17.6 Å². The molecule has 0 fully saturated rings. The zero-order valence-electron chi connectivity index (χ0n) is 12.2. The van der Waals surface area contributed by atoms with Gasteiger partial charge in [-0.2, -0.15) is 0 Å². The van der Waals surface area contributed by atoms with Crippen molar-refractivity contribution in [3.8, 4) is 0 Å². The summed E-state index contributed by atoms with van der Waals surface area (Å²) in [5.74, 6) is 0.558. The van der Waals surface area contributed by atoms with E-state index in [1.165, 1.54) is 24.1 Å². The fourth-order valence-electron chi connectivity index (χ4n) is 2.04. The summed E-state index contributed by atoms with van der Waals surface area (Å²) in [6.07, 6.45) is 0.286. The molecule has 1 aromatic rings. The van der Waals surface area contributed by atoms with E-state index in [4.69, 9.17) is 9.47 Å². The lowest BCUT2D eigenvalue weighted by Gasteiger charge is -2.26. The Morgan fingerprint density at radius 3 is 2.73 bits per heavy atom. The maximum atomic E-state index is 12.1. The molecule has 8 heteroatoms.